The molecule has 8 nitrogen and oxygen atoms in total. The molecule has 0 aliphatic heterocycles. The molecular weight excluding hydrogens is 464 g/mol. The molecule has 0 saturated carbocycles. The van der Waals surface area contributed by atoms with Crippen LogP contribution < -0.4 is 0 Å². The van der Waals surface area contributed by atoms with Gasteiger partial charge in [-0.1, -0.05) is 72.1 Å². The summed E-state index contributed by atoms with van der Waals surface area (Å²) in [6, 6.07) is 24.4. The summed E-state index contributed by atoms with van der Waals surface area (Å²) in [5.41, 5.74) is 6.94. The molecule has 2 aromatic heterocycles. The van der Waals surface area contributed by atoms with E-state index in [1.807, 2.05) is 60.7 Å². The lowest BCUT2D eigenvalue weighted by molar-refractivity contribution is 0.756. The lowest BCUT2D eigenvalue weighted by atomic mass is 10.0. The monoisotopic (exact) mass is 486 g/mol. The Balaban J connectivity index is 1.27. The zero-order chi connectivity index (χ0) is 23.3. The lowest BCUT2D eigenvalue weighted by Gasteiger charge is -2.12. The van der Waals surface area contributed by atoms with Crippen molar-refractivity contribution in [2.45, 2.75) is 35.7 Å². The maximum atomic E-state index is 4.21. The minimum atomic E-state index is 0.774. The molecule has 0 spiro atoms. The van der Waals surface area contributed by atoms with E-state index < -0.39 is 0 Å². The van der Waals surface area contributed by atoms with Crippen molar-refractivity contribution < 1.29 is 0 Å². The number of thioether (sulfide) groups is 2. The fraction of sp³-hybridized carbons (Fsp3) is 0.167. The predicted octanol–water partition coefficient (Wildman–Crippen LogP) is 4.84. The molecule has 3 aromatic carbocycles. The van der Waals surface area contributed by atoms with Gasteiger partial charge in [-0.25, -0.2) is 0 Å². The van der Waals surface area contributed by atoms with Gasteiger partial charge in [-0.2, -0.15) is 9.36 Å². The van der Waals surface area contributed by atoms with Crippen LogP contribution in [0.1, 0.15) is 22.3 Å². The Bertz CT molecular complexity index is 1280. The zero-order valence-corrected chi connectivity index (χ0v) is 20.4. The van der Waals surface area contributed by atoms with Crippen molar-refractivity contribution in [1.82, 2.24) is 40.4 Å². The minimum absolute atomic E-state index is 0.774. The summed E-state index contributed by atoms with van der Waals surface area (Å²) in [6.45, 7) is 4.30. The molecule has 0 atom stereocenters. The maximum absolute atomic E-state index is 4.21. The van der Waals surface area contributed by atoms with Crippen LogP contribution in [0.3, 0.4) is 0 Å². The van der Waals surface area contributed by atoms with E-state index in [4.69, 9.17) is 0 Å². The average molecular weight is 487 g/mol. The van der Waals surface area contributed by atoms with Crippen LogP contribution in [0.2, 0.25) is 0 Å². The van der Waals surface area contributed by atoms with Crippen molar-refractivity contribution in [3.05, 3.63) is 95.1 Å². The number of nitrogens with zero attached hydrogens (tertiary/aromatic N) is 8. The summed E-state index contributed by atoms with van der Waals surface area (Å²) in [4.78, 5) is 0. The van der Waals surface area contributed by atoms with Crippen LogP contribution >= 0.6 is 23.5 Å². The van der Waals surface area contributed by atoms with Crippen molar-refractivity contribution >= 4 is 23.5 Å². The number of tetrazole rings is 2. The summed E-state index contributed by atoms with van der Waals surface area (Å²) in [7, 11) is 0. The molecule has 0 fully saturated rings. The van der Waals surface area contributed by atoms with Crippen molar-refractivity contribution in [2.24, 2.45) is 0 Å². The van der Waals surface area contributed by atoms with Crippen molar-refractivity contribution in [1.29, 1.82) is 0 Å². The summed E-state index contributed by atoms with van der Waals surface area (Å²) in [5, 5.41) is 26.0. The van der Waals surface area contributed by atoms with Gasteiger partial charge in [0.1, 0.15) is 0 Å². The van der Waals surface area contributed by atoms with Crippen LogP contribution in [0.5, 0.6) is 0 Å². The number of benzene rings is 3. The van der Waals surface area contributed by atoms with Crippen molar-refractivity contribution in [3.63, 3.8) is 0 Å². The van der Waals surface area contributed by atoms with Gasteiger partial charge in [0.15, 0.2) is 0 Å². The highest BCUT2D eigenvalue weighted by molar-refractivity contribution is 7.98. The fourth-order valence-corrected chi connectivity index (χ4v) is 5.44. The van der Waals surface area contributed by atoms with E-state index in [1.54, 1.807) is 32.9 Å². The summed E-state index contributed by atoms with van der Waals surface area (Å²) in [5.74, 6) is 1.58. The van der Waals surface area contributed by atoms with Crippen LogP contribution in [0.25, 0.3) is 11.4 Å². The van der Waals surface area contributed by atoms with E-state index in [0.717, 1.165) is 33.2 Å². The fourth-order valence-electron chi connectivity index (χ4n) is 3.53. The number of rotatable bonds is 8. The van der Waals surface area contributed by atoms with E-state index in [1.165, 1.54) is 22.3 Å². The highest BCUT2D eigenvalue weighted by atomic mass is 32.2. The van der Waals surface area contributed by atoms with E-state index in [0.29, 0.717) is 0 Å². The van der Waals surface area contributed by atoms with E-state index in [2.05, 4.69) is 57.0 Å². The normalized spacial score (nSPS) is 11.1. The Morgan fingerprint density at radius 2 is 1.03 bits per heavy atom. The molecule has 0 N–H and O–H groups in total. The van der Waals surface area contributed by atoms with Gasteiger partial charge >= 0.3 is 0 Å². The molecule has 2 heterocycles. The number of aryl methyl sites for hydroxylation is 2. The first-order chi connectivity index (χ1) is 16.7. The van der Waals surface area contributed by atoms with Gasteiger partial charge in [0.2, 0.25) is 10.3 Å². The molecule has 5 aromatic rings. The topological polar surface area (TPSA) is 87.2 Å². The Morgan fingerprint density at radius 3 is 1.44 bits per heavy atom. The number of para-hydroxylation sites is 2. The first kappa shape index (κ1) is 22.3. The molecule has 0 bridgehead atoms. The molecule has 170 valence electrons. The minimum Gasteiger partial charge on any atom is -0.188 e. The maximum Gasteiger partial charge on any atom is 0.214 e. The largest absolute Gasteiger partial charge is 0.214 e. The predicted molar refractivity (Wildman–Crippen MR) is 133 cm³/mol. The number of hydrogen-bond donors (Lipinski definition) is 0. The third-order valence-corrected chi connectivity index (χ3v) is 7.33. The molecule has 0 unspecified atom stereocenters. The second-order valence-electron chi connectivity index (χ2n) is 7.70. The standard InChI is InChI=1S/C24H22N8S2/c1-17-13-20(16-34-24-26-28-30-32(24)22-11-7-4-8-12-22)18(2)14-19(17)15-33-23-25-27-29-31(23)21-9-5-3-6-10-21/h3-14H,15-16H2,1-2H3. The molecule has 0 saturated heterocycles. The highest BCUT2D eigenvalue weighted by Crippen LogP contribution is 2.29. The third kappa shape index (κ3) is 4.87. The SMILES string of the molecule is Cc1cc(CSc2nnnn2-c2ccccc2)c(C)cc1CSc1nnnn1-c1ccccc1. The van der Waals surface area contributed by atoms with E-state index in [-0.39, 0.29) is 0 Å². The van der Waals surface area contributed by atoms with Crippen LogP contribution in [-0.2, 0) is 11.5 Å². The number of hydrogen-bond acceptors (Lipinski definition) is 8. The molecule has 10 heteroatoms. The van der Waals surface area contributed by atoms with Gasteiger partial charge in [0.25, 0.3) is 0 Å². The molecule has 5 rings (SSSR count). The average Bonchev–Trinajstić information content (AvgIpc) is 3.54. The molecular formula is C24H22N8S2. The van der Waals surface area contributed by atoms with Crippen LogP contribution in [0, 0.1) is 13.8 Å². The summed E-state index contributed by atoms with van der Waals surface area (Å²) >= 11 is 3.27. The summed E-state index contributed by atoms with van der Waals surface area (Å²) in [6.07, 6.45) is 0. The number of aromatic nitrogens is 8. The Hall–Kier alpha value is -3.50. The Kier molecular flexibility index (Phi) is 6.68. The molecule has 0 radical (unpaired) electrons. The van der Waals surface area contributed by atoms with E-state index >= 15 is 0 Å². The van der Waals surface area contributed by atoms with Crippen LogP contribution in [0.15, 0.2) is 83.1 Å². The first-order valence-electron chi connectivity index (χ1n) is 10.7. The Labute approximate surface area is 205 Å². The van der Waals surface area contributed by atoms with Gasteiger partial charge in [0, 0.05) is 11.5 Å². The molecule has 34 heavy (non-hydrogen) atoms. The quantitative estimate of drug-likeness (QED) is 0.288. The van der Waals surface area contributed by atoms with Gasteiger partial charge < -0.3 is 0 Å². The zero-order valence-electron chi connectivity index (χ0n) is 18.7. The molecule has 0 aliphatic rings. The smallest absolute Gasteiger partial charge is 0.188 e. The third-order valence-electron chi connectivity index (χ3n) is 5.39. The second-order valence-corrected chi connectivity index (χ2v) is 9.59. The first-order valence-corrected chi connectivity index (χ1v) is 12.7. The van der Waals surface area contributed by atoms with Gasteiger partial charge in [-0.3, -0.25) is 0 Å². The summed E-state index contributed by atoms with van der Waals surface area (Å²) < 4.78 is 3.55. The second kappa shape index (κ2) is 10.2. The molecule has 0 aliphatic carbocycles. The van der Waals surface area contributed by atoms with Crippen LogP contribution in [-0.4, -0.2) is 40.4 Å². The molecule has 0 amide bonds. The van der Waals surface area contributed by atoms with Crippen molar-refractivity contribution in [2.75, 3.05) is 0 Å². The van der Waals surface area contributed by atoms with Crippen molar-refractivity contribution in [3.8, 4) is 11.4 Å². The van der Waals surface area contributed by atoms with Gasteiger partial charge in [-0.15, -0.1) is 10.2 Å². The van der Waals surface area contributed by atoms with Gasteiger partial charge in [0.05, 0.1) is 11.4 Å². The van der Waals surface area contributed by atoms with E-state index in [9.17, 15) is 0 Å². The van der Waals surface area contributed by atoms with Crippen LogP contribution in [0.4, 0.5) is 0 Å². The lowest BCUT2D eigenvalue weighted by Crippen LogP contribution is -2.00. The highest BCUT2D eigenvalue weighted by Gasteiger charge is 2.13. The van der Waals surface area contributed by atoms with Gasteiger partial charge in [-0.05, 0) is 81.2 Å². The Morgan fingerprint density at radius 1 is 0.618 bits per heavy atom.